The number of hydrogen-bond donors (Lipinski definition) is 1. The second-order valence-electron chi connectivity index (χ2n) is 6.05. The van der Waals surface area contributed by atoms with Gasteiger partial charge in [0.15, 0.2) is 0 Å². The molecule has 21 heavy (non-hydrogen) atoms. The van der Waals surface area contributed by atoms with Crippen molar-refractivity contribution in [2.75, 3.05) is 26.7 Å². The molecule has 1 fully saturated rings. The number of nitrogens with one attached hydrogen (secondary N) is 1. The van der Waals surface area contributed by atoms with Crippen molar-refractivity contribution in [2.24, 2.45) is 5.92 Å². The largest absolute Gasteiger partial charge is 0.316 e. The molecule has 0 bridgehead atoms. The summed E-state index contributed by atoms with van der Waals surface area (Å²) in [5.41, 5.74) is 1.09. The van der Waals surface area contributed by atoms with Crippen molar-refractivity contribution < 1.29 is 4.39 Å². The molecule has 118 valence electrons. The Balaban J connectivity index is 2.25. The summed E-state index contributed by atoms with van der Waals surface area (Å²) in [5.74, 6) is 0.383. The second-order valence-corrected chi connectivity index (χ2v) is 6.91. The Labute approximate surface area is 136 Å². The first-order chi connectivity index (χ1) is 10.1. The molecule has 0 saturated carbocycles. The summed E-state index contributed by atoms with van der Waals surface area (Å²) in [6.45, 7) is 5.33. The highest BCUT2D eigenvalue weighted by Crippen LogP contribution is 2.37. The monoisotopic (exact) mass is 356 g/mol. The van der Waals surface area contributed by atoms with Gasteiger partial charge in [-0.15, -0.1) is 0 Å². The van der Waals surface area contributed by atoms with Gasteiger partial charge in [-0.05, 0) is 75.6 Å². The lowest BCUT2D eigenvalue weighted by Gasteiger charge is -2.33. The van der Waals surface area contributed by atoms with Gasteiger partial charge in [-0.3, -0.25) is 4.90 Å². The standard InChI is InChI=1S/C17H26BrFN2/c1-3-9-20-12-13-6-4-5-10-21(2)17(13)15-11-14(19)7-8-16(15)18/h7-8,11,13,17,20H,3-6,9-10,12H2,1-2H3. The number of halogens is 2. The molecular weight excluding hydrogens is 331 g/mol. The first kappa shape index (κ1) is 16.9. The Morgan fingerprint density at radius 1 is 1.38 bits per heavy atom. The van der Waals surface area contributed by atoms with Crippen LogP contribution in [0.25, 0.3) is 0 Å². The third-order valence-electron chi connectivity index (χ3n) is 4.37. The van der Waals surface area contributed by atoms with E-state index in [1.165, 1.54) is 25.3 Å². The van der Waals surface area contributed by atoms with E-state index < -0.39 is 0 Å². The molecule has 0 aromatic heterocycles. The van der Waals surface area contributed by atoms with E-state index in [1.807, 2.05) is 6.07 Å². The number of rotatable bonds is 5. The van der Waals surface area contributed by atoms with Crippen molar-refractivity contribution in [3.63, 3.8) is 0 Å². The second kappa shape index (κ2) is 8.25. The summed E-state index contributed by atoms with van der Waals surface area (Å²) < 4.78 is 14.7. The molecule has 4 heteroatoms. The summed E-state index contributed by atoms with van der Waals surface area (Å²) in [6, 6.07) is 5.33. The maximum atomic E-state index is 13.7. The van der Waals surface area contributed by atoms with E-state index in [1.54, 1.807) is 6.07 Å². The molecule has 2 unspecified atom stereocenters. The molecule has 0 aliphatic carbocycles. The maximum Gasteiger partial charge on any atom is 0.123 e. The third kappa shape index (κ3) is 4.51. The van der Waals surface area contributed by atoms with Crippen LogP contribution in [-0.2, 0) is 0 Å². The fraction of sp³-hybridized carbons (Fsp3) is 0.647. The van der Waals surface area contributed by atoms with Crippen LogP contribution in [0.4, 0.5) is 4.39 Å². The van der Waals surface area contributed by atoms with Gasteiger partial charge >= 0.3 is 0 Å². The minimum absolute atomic E-state index is 0.147. The topological polar surface area (TPSA) is 15.3 Å². The molecule has 0 spiro atoms. The normalized spacial score (nSPS) is 24.0. The van der Waals surface area contributed by atoms with Gasteiger partial charge in [0.25, 0.3) is 0 Å². The lowest BCUT2D eigenvalue weighted by molar-refractivity contribution is 0.188. The molecule has 2 nitrogen and oxygen atoms in total. The molecule has 0 radical (unpaired) electrons. The predicted molar refractivity (Wildman–Crippen MR) is 90.0 cm³/mol. The van der Waals surface area contributed by atoms with Crippen molar-refractivity contribution in [2.45, 2.75) is 38.6 Å². The molecule has 1 aromatic carbocycles. The van der Waals surface area contributed by atoms with Gasteiger partial charge in [0.2, 0.25) is 0 Å². The molecule has 0 amide bonds. The van der Waals surface area contributed by atoms with E-state index in [4.69, 9.17) is 0 Å². The van der Waals surface area contributed by atoms with Crippen molar-refractivity contribution in [1.82, 2.24) is 10.2 Å². The van der Waals surface area contributed by atoms with Gasteiger partial charge in [-0.1, -0.05) is 29.3 Å². The average molecular weight is 357 g/mol. The van der Waals surface area contributed by atoms with E-state index in [2.05, 4.69) is 40.1 Å². The number of likely N-dealkylation sites (tertiary alicyclic amines) is 1. The molecule has 1 saturated heterocycles. The molecule has 1 heterocycles. The van der Waals surface area contributed by atoms with Crippen LogP contribution in [0.1, 0.15) is 44.2 Å². The minimum Gasteiger partial charge on any atom is -0.316 e. The highest BCUT2D eigenvalue weighted by atomic mass is 79.9. The van der Waals surface area contributed by atoms with Crippen LogP contribution in [0.2, 0.25) is 0 Å². The summed E-state index contributed by atoms with van der Waals surface area (Å²) >= 11 is 3.61. The van der Waals surface area contributed by atoms with Gasteiger partial charge in [0.05, 0.1) is 0 Å². The van der Waals surface area contributed by atoms with E-state index in [9.17, 15) is 4.39 Å². The Kier molecular flexibility index (Phi) is 6.65. The first-order valence-corrected chi connectivity index (χ1v) is 8.78. The molecule has 1 N–H and O–H groups in total. The van der Waals surface area contributed by atoms with Crippen LogP contribution >= 0.6 is 15.9 Å². The van der Waals surface area contributed by atoms with Crippen LogP contribution in [0.15, 0.2) is 22.7 Å². The Morgan fingerprint density at radius 3 is 2.95 bits per heavy atom. The fourth-order valence-electron chi connectivity index (χ4n) is 3.34. The van der Waals surface area contributed by atoms with Crippen molar-refractivity contribution in [3.8, 4) is 0 Å². The molecule has 1 aromatic rings. The highest BCUT2D eigenvalue weighted by molar-refractivity contribution is 9.10. The van der Waals surface area contributed by atoms with Crippen LogP contribution in [0.3, 0.4) is 0 Å². The van der Waals surface area contributed by atoms with Crippen LogP contribution < -0.4 is 5.32 Å². The lowest BCUT2D eigenvalue weighted by atomic mass is 9.89. The Morgan fingerprint density at radius 2 is 2.19 bits per heavy atom. The molecule has 2 atom stereocenters. The molecule has 1 aliphatic heterocycles. The quantitative estimate of drug-likeness (QED) is 0.788. The lowest BCUT2D eigenvalue weighted by Crippen LogP contribution is -2.35. The predicted octanol–water partition coefficient (Wildman–Crippen LogP) is 4.36. The minimum atomic E-state index is -0.147. The summed E-state index contributed by atoms with van der Waals surface area (Å²) in [7, 11) is 2.17. The van der Waals surface area contributed by atoms with Gasteiger partial charge < -0.3 is 5.32 Å². The zero-order chi connectivity index (χ0) is 15.2. The van der Waals surface area contributed by atoms with Crippen LogP contribution in [0.5, 0.6) is 0 Å². The van der Waals surface area contributed by atoms with E-state index >= 15 is 0 Å². The number of benzene rings is 1. The SMILES string of the molecule is CCCNCC1CCCCN(C)C1c1cc(F)ccc1Br. The Hall–Kier alpha value is -0.450. The Bertz CT molecular complexity index is 452. The fourth-order valence-corrected chi connectivity index (χ4v) is 3.82. The van der Waals surface area contributed by atoms with Crippen LogP contribution in [-0.4, -0.2) is 31.6 Å². The van der Waals surface area contributed by atoms with E-state index in [0.717, 1.165) is 36.1 Å². The van der Waals surface area contributed by atoms with E-state index in [0.29, 0.717) is 5.92 Å². The van der Waals surface area contributed by atoms with E-state index in [-0.39, 0.29) is 11.9 Å². The summed E-state index contributed by atoms with van der Waals surface area (Å²) in [5, 5.41) is 3.55. The number of nitrogens with zero attached hydrogens (tertiary/aromatic N) is 1. The zero-order valence-electron chi connectivity index (χ0n) is 13.0. The molecule has 2 rings (SSSR count). The maximum absolute atomic E-state index is 13.7. The van der Waals surface area contributed by atoms with Gasteiger partial charge in [-0.2, -0.15) is 0 Å². The van der Waals surface area contributed by atoms with Gasteiger partial charge in [0, 0.05) is 10.5 Å². The third-order valence-corrected chi connectivity index (χ3v) is 5.09. The van der Waals surface area contributed by atoms with Gasteiger partial charge in [-0.25, -0.2) is 4.39 Å². The number of hydrogen-bond acceptors (Lipinski definition) is 2. The smallest absolute Gasteiger partial charge is 0.123 e. The first-order valence-electron chi connectivity index (χ1n) is 7.99. The average Bonchev–Trinajstić information content (AvgIpc) is 2.64. The van der Waals surface area contributed by atoms with Crippen molar-refractivity contribution >= 4 is 15.9 Å². The molecular formula is C17H26BrFN2. The van der Waals surface area contributed by atoms with Crippen molar-refractivity contribution in [3.05, 3.63) is 34.1 Å². The van der Waals surface area contributed by atoms with Crippen molar-refractivity contribution in [1.29, 1.82) is 0 Å². The highest BCUT2D eigenvalue weighted by Gasteiger charge is 2.30. The van der Waals surface area contributed by atoms with Gasteiger partial charge in [0.1, 0.15) is 5.82 Å². The molecule has 1 aliphatic rings. The summed E-state index contributed by atoms with van der Waals surface area (Å²) in [4.78, 5) is 2.39. The zero-order valence-corrected chi connectivity index (χ0v) is 14.6. The van der Waals surface area contributed by atoms with Crippen LogP contribution in [0, 0.1) is 11.7 Å². The summed E-state index contributed by atoms with van der Waals surface area (Å²) in [6.07, 6.45) is 4.84.